The molecule has 0 amide bonds. The predicted octanol–water partition coefficient (Wildman–Crippen LogP) is 7.61. The van der Waals surface area contributed by atoms with E-state index >= 15 is 0 Å². The Morgan fingerprint density at radius 1 is 0.618 bits per heavy atom. The molecular formula is C29H29NO4. The number of anilines is 3. The molecule has 0 unspecified atom stereocenters. The van der Waals surface area contributed by atoms with Crippen LogP contribution in [0.4, 0.5) is 17.1 Å². The van der Waals surface area contributed by atoms with Crippen molar-refractivity contribution in [1.82, 2.24) is 0 Å². The number of rotatable bonds is 5. The van der Waals surface area contributed by atoms with Gasteiger partial charge in [-0.1, -0.05) is 18.2 Å². The van der Waals surface area contributed by atoms with Crippen LogP contribution in [0.25, 0.3) is 0 Å². The number of aromatic hydroxyl groups is 3. The quantitative estimate of drug-likeness (QED) is 0.289. The number of aryl methyl sites for hydroxylation is 3. The fourth-order valence-electron chi connectivity index (χ4n) is 4.27. The molecule has 0 radical (unpaired) electrons. The first-order chi connectivity index (χ1) is 16.2. The predicted molar refractivity (Wildman–Crippen MR) is 136 cm³/mol. The highest BCUT2D eigenvalue weighted by atomic mass is 16.5. The highest BCUT2D eigenvalue weighted by Gasteiger charge is 2.23. The molecule has 0 aliphatic rings. The molecule has 0 fully saturated rings. The Kier molecular flexibility index (Phi) is 6.12. The van der Waals surface area contributed by atoms with Gasteiger partial charge in [-0.15, -0.1) is 0 Å². The van der Waals surface area contributed by atoms with E-state index in [0.717, 1.165) is 44.9 Å². The normalized spacial score (nSPS) is 10.9. The Labute approximate surface area is 200 Å². The molecule has 3 N–H and O–H groups in total. The molecular weight excluding hydrogens is 426 g/mol. The van der Waals surface area contributed by atoms with Crippen LogP contribution >= 0.6 is 0 Å². The molecule has 5 heteroatoms. The molecule has 4 rings (SSSR count). The number of nitrogens with zero attached hydrogens (tertiary/aromatic N) is 1. The van der Waals surface area contributed by atoms with Gasteiger partial charge in [-0.05, 0) is 93.8 Å². The molecule has 174 valence electrons. The molecule has 0 aromatic heterocycles. The molecule has 0 bridgehead atoms. The van der Waals surface area contributed by atoms with E-state index in [1.165, 1.54) is 0 Å². The Bertz CT molecular complexity index is 1320. The first kappa shape index (κ1) is 23.1. The lowest BCUT2D eigenvalue weighted by Gasteiger charge is -2.32. The lowest BCUT2D eigenvalue weighted by Crippen LogP contribution is -2.15. The Balaban J connectivity index is 1.92. The van der Waals surface area contributed by atoms with E-state index in [-0.39, 0.29) is 17.2 Å². The van der Waals surface area contributed by atoms with Gasteiger partial charge in [0.1, 0.15) is 28.7 Å². The van der Waals surface area contributed by atoms with Gasteiger partial charge in [-0.25, -0.2) is 0 Å². The SMILES string of the molecule is Cc1cc(O)ccc1Oc1cccc(N(c2c(C)ccc(O)c2C)c2c(C)ccc(O)c2C)c1. The van der Waals surface area contributed by atoms with E-state index in [1.54, 1.807) is 30.3 Å². The maximum Gasteiger partial charge on any atom is 0.130 e. The smallest absolute Gasteiger partial charge is 0.130 e. The van der Waals surface area contributed by atoms with E-state index in [1.807, 2.05) is 71.0 Å². The van der Waals surface area contributed by atoms with Crippen molar-refractivity contribution < 1.29 is 20.1 Å². The second-order valence-electron chi connectivity index (χ2n) is 8.64. The van der Waals surface area contributed by atoms with Crippen LogP contribution in [0.3, 0.4) is 0 Å². The van der Waals surface area contributed by atoms with Crippen molar-refractivity contribution in [1.29, 1.82) is 0 Å². The molecule has 4 aromatic rings. The second-order valence-corrected chi connectivity index (χ2v) is 8.64. The minimum atomic E-state index is 0.189. The summed E-state index contributed by atoms with van der Waals surface area (Å²) < 4.78 is 6.16. The zero-order valence-electron chi connectivity index (χ0n) is 20.0. The summed E-state index contributed by atoms with van der Waals surface area (Å²) in [5.74, 6) is 1.87. The van der Waals surface area contributed by atoms with E-state index in [9.17, 15) is 15.3 Å². The summed E-state index contributed by atoms with van der Waals surface area (Å²) in [6.45, 7) is 9.66. The average Bonchev–Trinajstić information content (AvgIpc) is 2.80. The highest BCUT2D eigenvalue weighted by molar-refractivity contribution is 5.85. The number of ether oxygens (including phenoxy) is 1. The van der Waals surface area contributed by atoms with Crippen molar-refractivity contribution in [3.63, 3.8) is 0 Å². The van der Waals surface area contributed by atoms with Gasteiger partial charge in [0, 0.05) is 22.9 Å². The summed E-state index contributed by atoms with van der Waals surface area (Å²) in [4.78, 5) is 2.06. The van der Waals surface area contributed by atoms with Crippen LogP contribution in [0.2, 0.25) is 0 Å². The van der Waals surface area contributed by atoms with Crippen LogP contribution in [0, 0.1) is 34.6 Å². The maximum absolute atomic E-state index is 10.5. The maximum atomic E-state index is 10.5. The zero-order valence-corrected chi connectivity index (χ0v) is 20.0. The first-order valence-electron chi connectivity index (χ1n) is 11.1. The number of phenolic OH excluding ortho intramolecular Hbond substituents is 3. The monoisotopic (exact) mass is 455 g/mol. The van der Waals surface area contributed by atoms with Crippen molar-refractivity contribution in [2.24, 2.45) is 0 Å². The van der Waals surface area contributed by atoms with Gasteiger partial charge >= 0.3 is 0 Å². The Morgan fingerprint density at radius 2 is 1.21 bits per heavy atom. The molecule has 0 saturated carbocycles. The first-order valence-corrected chi connectivity index (χ1v) is 11.1. The van der Waals surface area contributed by atoms with Crippen LogP contribution in [-0.4, -0.2) is 15.3 Å². The molecule has 0 atom stereocenters. The van der Waals surface area contributed by atoms with E-state index in [4.69, 9.17) is 4.74 Å². The minimum absolute atomic E-state index is 0.189. The Hall–Kier alpha value is -4.12. The van der Waals surface area contributed by atoms with Gasteiger partial charge in [0.05, 0.1) is 11.4 Å². The van der Waals surface area contributed by atoms with Crippen molar-refractivity contribution >= 4 is 17.1 Å². The summed E-state index contributed by atoms with van der Waals surface area (Å²) in [5.41, 5.74) is 6.77. The van der Waals surface area contributed by atoms with Crippen LogP contribution in [-0.2, 0) is 0 Å². The fraction of sp³-hybridized carbons (Fsp3) is 0.172. The number of hydrogen-bond donors (Lipinski definition) is 3. The third kappa shape index (κ3) is 4.25. The molecule has 0 saturated heterocycles. The van der Waals surface area contributed by atoms with Crippen LogP contribution in [0.1, 0.15) is 27.8 Å². The van der Waals surface area contributed by atoms with Gasteiger partial charge < -0.3 is 25.0 Å². The largest absolute Gasteiger partial charge is 0.508 e. The van der Waals surface area contributed by atoms with E-state index < -0.39 is 0 Å². The van der Waals surface area contributed by atoms with Gasteiger partial charge in [0.2, 0.25) is 0 Å². The highest BCUT2D eigenvalue weighted by Crippen LogP contribution is 2.46. The van der Waals surface area contributed by atoms with Crippen molar-refractivity contribution in [3.05, 3.63) is 94.5 Å². The van der Waals surface area contributed by atoms with Crippen LogP contribution in [0.15, 0.2) is 66.7 Å². The zero-order chi connectivity index (χ0) is 24.6. The second kappa shape index (κ2) is 9.02. The fourth-order valence-corrected chi connectivity index (χ4v) is 4.27. The average molecular weight is 456 g/mol. The Morgan fingerprint density at radius 3 is 1.76 bits per heavy atom. The summed E-state index contributed by atoms with van der Waals surface area (Å²) in [6.07, 6.45) is 0. The number of hydrogen-bond acceptors (Lipinski definition) is 5. The van der Waals surface area contributed by atoms with Crippen molar-refractivity contribution in [2.75, 3.05) is 4.90 Å². The minimum Gasteiger partial charge on any atom is -0.508 e. The third-order valence-electron chi connectivity index (χ3n) is 6.12. The van der Waals surface area contributed by atoms with E-state index in [0.29, 0.717) is 11.5 Å². The molecule has 0 spiro atoms. The summed E-state index contributed by atoms with van der Waals surface area (Å²) in [7, 11) is 0. The number of phenols is 3. The van der Waals surface area contributed by atoms with Crippen LogP contribution < -0.4 is 9.64 Å². The van der Waals surface area contributed by atoms with Crippen molar-refractivity contribution in [3.8, 4) is 28.7 Å². The molecule has 4 aromatic carbocycles. The lowest BCUT2D eigenvalue weighted by molar-refractivity contribution is 0.461. The van der Waals surface area contributed by atoms with Crippen LogP contribution in [0.5, 0.6) is 28.7 Å². The van der Waals surface area contributed by atoms with E-state index in [2.05, 4.69) is 4.90 Å². The molecule has 0 heterocycles. The standard InChI is InChI=1S/C29H29NO4/c1-17-9-12-25(32)20(4)28(17)30(29-18(2)10-13-26(33)21(29)5)22-7-6-8-24(16-22)34-27-14-11-23(31)15-19(27)3/h6-16,31-33H,1-5H3. The molecule has 5 nitrogen and oxygen atoms in total. The summed E-state index contributed by atoms with van der Waals surface area (Å²) in [6, 6.07) is 19.8. The van der Waals surface area contributed by atoms with Gasteiger partial charge in [-0.2, -0.15) is 0 Å². The summed E-state index contributed by atoms with van der Waals surface area (Å²) >= 11 is 0. The van der Waals surface area contributed by atoms with Gasteiger partial charge in [0.25, 0.3) is 0 Å². The third-order valence-corrected chi connectivity index (χ3v) is 6.12. The molecule has 0 aliphatic carbocycles. The lowest BCUT2D eigenvalue weighted by atomic mass is 10.0. The molecule has 34 heavy (non-hydrogen) atoms. The van der Waals surface area contributed by atoms with Crippen molar-refractivity contribution in [2.45, 2.75) is 34.6 Å². The summed E-state index contributed by atoms with van der Waals surface area (Å²) in [5, 5.41) is 30.8. The van der Waals surface area contributed by atoms with Gasteiger partial charge in [0.15, 0.2) is 0 Å². The van der Waals surface area contributed by atoms with Gasteiger partial charge in [-0.3, -0.25) is 0 Å². The topological polar surface area (TPSA) is 73.2 Å². The molecule has 0 aliphatic heterocycles. The number of benzene rings is 4.